The van der Waals surface area contributed by atoms with Crippen LogP contribution in [0.4, 0.5) is 19.1 Å². The van der Waals surface area contributed by atoms with Crippen LogP contribution in [0.5, 0.6) is 5.88 Å². The molecule has 0 unspecified atom stereocenters. The summed E-state index contributed by atoms with van der Waals surface area (Å²) in [6.45, 7) is 3.34. The van der Waals surface area contributed by atoms with Gasteiger partial charge in [0.05, 0.1) is 12.5 Å². The number of carbonyl (C=O) groups excluding carboxylic acids is 1. The topological polar surface area (TPSA) is 109 Å². The maximum absolute atomic E-state index is 13.2. The average Bonchev–Trinajstić information content (AvgIpc) is 3.32. The van der Waals surface area contributed by atoms with E-state index in [0.29, 0.717) is 36.8 Å². The number of aromatic amines is 1. The fourth-order valence-corrected chi connectivity index (χ4v) is 4.10. The fourth-order valence-electron chi connectivity index (χ4n) is 4.10. The van der Waals surface area contributed by atoms with E-state index in [9.17, 15) is 18.0 Å². The van der Waals surface area contributed by atoms with Gasteiger partial charge in [-0.15, -0.1) is 5.10 Å². The lowest BCUT2D eigenvalue weighted by Crippen LogP contribution is -2.52. The van der Waals surface area contributed by atoms with Gasteiger partial charge < -0.3 is 15.0 Å². The Hall–Kier alpha value is -2.92. The molecule has 12 heteroatoms. The van der Waals surface area contributed by atoms with Gasteiger partial charge in [0.15, 0.2) is 0 Å². The Morgan fingerprint density at radius 3 is 2.70 bits per heavy atom. The molecule has 2 N–H and O–H groups in total. The molecule has 1 saturated heterocycles. The van der Waals surface area contributed by atoms with Crippen LogP contribution in [0.15, 0.2) is 12.1 Å². The number of pyridine rings is 1. The van der Waals surface area contributed by atoms with E-state index in [0.717, 1.165) is 19.0 Å². The zero-order chi connectivity index (χ0) is 21.5. The smallest absolute Gasteiger partial charge is 0.433 e. The fraction of sp³-hybridized carbons (Fsp3) is 0.611. The Morgan fingerprint density at radius 2 is 2.10 bits per heavy atom. The van der Waals surface area contributed by atoms with Crippen LogP contribution < -0.4 is 15.0 Å². The summed E-state index contributed by atoms with van der Waals surface area (Å²) in [5.41, 5.74) is -1.58. The summed E-state index contributed by atoms with van der Waals surface area (Å²) in [5, 5.41) is 17.1. The highest BCUT2D eigenvalue weighted by molar-refractivity contribution is 5.92. The van der Waals surface area contributed by atoms with Gasteiger partial charge in [0, 0.05) is 24.7 Å². The van der Waals surface area contributed by atoms with Gasteiger partial charge in [-0.05, 0) is 36.5 Å². The van der Waals surface area contributed by atoms with Crippen molar-refractivity contribution in [2.24, 2.45) is 5.92 Å². The predicted octanol–water partition coefficient (Wildman–Crippen LogP) is 1.68. The number of nitrogens with one attached hydrogen (secondary N) is 2. The minimum absolute atomic E-state index is 0.148. The van der Waals surface area contributed by atoms with E-state index in [-0.39, 0.29) is 17.8 Å². The molecule has 4 rings (SSSR count). The molecular weight excluding hydrogens is 403 g/mol. The molecule has 1 aliphatic heterocycles. The molecule has 1 amide bonds. The number of tetrazole rings is 1. The number of nitrogens with zero attached hydrogens (tertiary/aromatic N) is 5. The first kappa shape index (κ1) is 20.4. The Labute approximate surface area is 170 Å². The number of aromatic nitrogens is 5. The SMILES string of the molecule is COc1nc(C(F)(F)F)ccc1C1(C(=O)N[C@@H]2C[C@H](C)CN(c3nn[nH]n3)C2)CC1. The summed E-state index contributed by atoms with van der Waals surface area (Å²) in [4.78, 5) is 18.7. The van der Waals surface area contributed by atoms with Crippen LogP contribution in [0, 0.1) is 5.92 Å². The normalized spacial score (nSPS) is 23.2. The molecule has 0 radical (unpaired) electrons. The van der Waals surface area contributed by atoms with Crippen molar-refractivity contribution in [3.63, 3.8) is 0 Å². The van der Waals surface area contributed by atoms with Crippen molar-refractivity contribution >= 4 is 11.9 Å². The number of rotatable bonds is 5. The Kier molecular flexibility index (Phi) is 5.02. The molecule has 2 aliphatic rings. The standard InChI is InChI=1S/C18H22F3N7O2/c1-10-7-11(9-28(8-10)16-24-26-27-25-16)22-15(29)17(5-6-17)12-3-4-13(18(19,20)21)23-14(12)30-2/h3-4,10-11H,5-9H2,1-2H3,(H,22,29)(H,24,25,26,27)/t10-,11+/m0/s1. The number of piperidine rings is 1. The monoisotopic (exact) mass is 425 g/mol. The molecule has 3 heterocycles. The molecule has 2 aromatic heterocycles. The molecule has 0 bridgehead atoms. The second-order valence-corrected chi connectivity index (χ2v) is 7.96. The third-order valence-corrected chi connectivity index (χ3v) is 5.66. The van der Waals surface area contributed by atoms with Crippen molar-refractivity contribution in [1.29, 1.82) is 0 Å². The van der Waals surface area contributed by atoms with Crippen LogP contribution in [0.2, 0.25) is 0 Å². The van der Waals surface area contributed by atoms with Gasteiger partial charge in [-0.2, -0.15) is 18.4 Å². The minimum atomic E-state index is -4.58. The first-order chi connectivity index (χ1) is 14.2. The minimum Gasteiger partial charge on any atom is -0.481 e. The van der Waals surface area contributed by atoms with Crippen LogP contribution in [0.1, 0.15) is 37.4 Å². The summed E-state index contributed by atoms with van der Waals surface area (Å²) in [7, 11) is 1.26. The van der Waals surface area contributed by atoms with Gasteiger partial charge in [-0.25, -0.2) is 4.98 Å². The van der Waals surface area contributed by atoms with Crippen molar-refractivity contribution < 1.29 is 22.7 Å². The number of alkyl halides is 3. The van der Waals surface area contributed by atoms with Gasteiger partial charge in [0.1, 0.15) is 5.69 Å². The van der Waals surface area contributed by atoms with Crippen LogP contribution >= 0.6 is 0 Å². The highest BCUT2D eigenvalue weighted by atomic mass is 19.4. The van der Waals surface area contributed by atoms with Crippen LogP contribution in [-0.2, 0) is 16.4 Å². The van der Waals surface area contributed by atoms with Gasteiger partial charge in [0.25, 0.3) is 5.95 Å². The van der Waals surface area contributed by atoms with E-state index >= 15 is 0 Å². The van der Waals surface area contributed by atoms with Crippen molar-refractivity contribution in [1.82, 2.24) is 30.9 Å². The summed E-state index contributed by atoms with van der Waals surface area (Å²) < 4.78 is 44.1. The lowest BCUT2D eigenvalue weighted by molar-refractivity contribution is -0.141. The number of ether oxygens (including phenoxy) is 1. The van der Waals surface area contributed by atoms with E-state index < -0.39 is 17.3 Å². The van der Waals surface area contributed by atoms with Crippen molar-refractivity contribution in [3.8, 4) is 5.88 Å². The molecule has 1 aliphatic carbocycles. The number of halogens is 3. The summed E-state index contributed by atoms with van der Waals surface area (Å²) in [6, 6.07) is 2.05. The molecule has 2 fully saturated rings. The van der Waals surface area contributed by atoms with E-state index in [2.05, 4.69) is 37.8 Å². The second-order valence-electron chi connectivity index (χ2n) is 7.96. The number of carbonyl (C=O) groups is 1. The van der Waals surface area contributed by atoms with Crippen molar-refractivity contribution in [3.05, 3.63) is 23.4 Å². The zero-order valence-corrected chi connectivity index (χ0v) is 16.5. The zero-order valence-electron chi connectivity index (χ0n) is 16.5. The number of anilines is 1. The quantitative estimate of drug-likeness (QED) is 0.750. The van der Waals surface area contributed by atoms with Crippen LogP contribution in [0.25, 0.3) is 0 Å². The third-order valence-electron chi connectivity index (χ3n) is 5.66. The van der Waals surface area contributed by atoms with E-state index in [1.807, 2.05) is 4.90 Å². The maximum atomic E-state index is 13.2. The first-order valence-corrected chi connectivity index (χ1v) is 9.65. The summed E-state index contributed by atoms with van der Waals surface area (Å²) in [5.74, 6) is 0.368. The maximum Gasteiger partial charge on any atom is 0.433 e. The van der Waals surface area contributed by atoms with Crippen LogP contribution in [-0.4, -0.2) is 57.8 Å². The lowest BCUT2D eigenvalue weighted by Gasteiger charge is -2.36. The predicted molar refractivity (Wildman–Crippen MR) is 98.8 cm³/mol. The van der Waals surface area contributed by atoms with Crippen LogP contribution in [0.3, 0.4) is 0 Å². The highest BCUT2D eigenvalue weighted by Crippen LogP contribution is 2.51. The Balaban J connectivity index is 1.52. The molecule has 30 heavy (non-hydrogen) atoms. The molecule has 1 saturated carbocycles. The van der Waals surface area contributed by atoms with Crippen molar-refractivity contribution in [2.75, 3.05) is 25.1 Å². The number of hydrogen-bond donors (Lipinski definition) is 2. The van der Waals surface area contributed by atoms with Gasteiger partial charge >= 0.3 is 6.18 Å². The Bertz CT molecular complexity index is 915. The first-order valence-electron chi connectivity index (χ1n) is 9.65. The lowest BCUT2D eigenvalue weighted by atomic mass is 9.92. The molecule has 2 atom stereocenters. The number of methoxy groups -OCH3 is 1. The van der Waals surface area contributed by atoms with Gasteiger partial charge in [-0.3, -0.25) is 4.79 Å². The highest BCUT2D eigenvalue weighted by Gasteiger charge is 2.54. The van der Waals surface area contributed by atoms with Gasteiger partial charge in [-0.1, -0.05) is 18.1 Å². The number of amides is 1. The third kappa shape index (κ3) is 3.77. The largest absolute Gasteiger partial charge is 0.481 e. The number of H-pyrrole nitrogens is 1. The summed E-state index contributed by atoms with van der Waals surface area (Å²) >= 11 is 0. The molecular formula is C18H22F3N7O2. The second kappa shape index (κ2) is 7.40. The summed E-state index contributed by atoms with van der Waals surface area (Å²) in [6.07, 6.45) is -2.75. The average molecular weight is 425 g/mol. The van der Waals surface area contributed by atoms with Gasteiger partial charge in [0.2, 0.25) is 11.8 Å². The number of hydrogen-bond acceptors (Lipinski definition) is 7. The van der Waals surface area contributed by atoms with E-state index in [1.54, 1.807) is 0 Å². The van der Waals surface area contributed by atoms with E-state index in [4.69, 9.17) is 4.74 Å². The Morgan fingerprint density at radius 1 is 1.33 bits per heavy atom. The molecule has 9 nitrogen and oxygen atoms in total. The molecule has 162 valence electrons. The van der Waals surface area contributed by atoms with E-state index in [1.165, 1.54) is 13.2 Å². The van der Waals surface area contributed by atoms with Crippen molar-refractivity contribution in [2.45, 2.75) is 43.8 Å². The molecule has 0 aromatic carbocycles. The molecule has 2 aromatic rings. The molecule has 0 spiro atoms.